The van der Waals surface area contributed by atoms with E-state index in [0.717, 1.165) is 23.9 Å². The van der Waals surface area contributed by atoms with Gasteiger partial charge in [-0.1, -0.05) is 0 Å². The van der Waals surface area contributed by atoms with E-state index in [9.17, 15) is 19.5 Å². The summed E-state index contributed by atoms with van der Waals surface area (Å²) in [4.78, 5) is 34.4. The molecule has 1 aromatic carbocycles. The van der Waals surface area contributed by atoms with Crippen LogP contribution >= 0.6 is 22.6 Å². The molecule has 0 saturated heterocycles. The molecule has 0 fully saturated rings. The van der Waals surface area contributed by atoms with Crippen LogP contribution in [0.15, 0.2) is 23.9 Å². The first-order valence-corrected chi connectivity index (χ1v) is 7.06. The number of ether oxygens (including phenoxy) is 2. The second-order valence-electron chi connectivity index (χ2n) is 4.15. The van der Waals surface area contributed by atoms with Gasteiger partial charge in [-0.25, -0.2) is 14.4 Å². The molecule has 1 rings (SSSR count). The summed E-state index contributed by atoms with van der Waals surface area (Å²) in [5.41, 5.74) is 0.558. The molecule has 8 heteroatoms. The van der Waals surface area contributed by atoms with Gasteiger partial charge in [0.15, 0.2) is 0 Å². The first-order valence-electron chi connectivity index (χ1n) is 5.98. The van der Waals surface area contributed by atoms with Crippen LogP contribution in [0.1, 0.15) is 15.9 Å². The summed E-state index contributed by atoms with van der Waals surface area (Å²) in [6.07, 6.45) is 0.898. The third-order valence-corrected chi connectivity index (χ3v) is 3.28. The summed E-state index contributed by atoms with van der Waals surface area (Å²) in [5.74, 6) is -2.75. The Morgan fingerprint density at radius 3 is 2.36 bits per heavy atom. The zero-order valence-electron chi connectivity index (χ0n) is 12.1. The maximum absolute atomic E-state index is 11.7. The number of carbonyl (C=O) groups is 3. The highest BCUT2D eigenvalue weighted by molar-refractivity contribution is 14.1. The Kier molecular flexibility index (Phi) is 6.35. The standard InChI is InChI=1S/C14H14INO6/c1-7-4-8(15)5-9(13(18)19)12(7)16-10(14(20)22-3)6-11(17)21-2/h4-6,16H,1-3H3,(H,18,19)/b10-6+. The van der Waals surface area contributed by atoms with Crippen LogP contribution in [0.25, 0.3) is 0 Å². The van der Waals surface area contributed by atoms with Gasteiger partial charge in [-0.05, 0) is 47.2 Å². The fourth-order valence-corrected chi connectivity index (χ4v) is 2.42. The van der Waals surface area contributed by atoms with E-state index in [4.69, 9.17) is 0 Å². The summed E-state index contributed by atoms with van der Waals surface area (Å²) in [6.45, 7) is 1.68. The number of carboxylic acid groups (broad SMARTS) is 1. The average Bonchev–Trinajstić information content (AvgIpc) is 2.47. The molecule has 0 aromatic heterocycles. The van der Waals surface area contributed by atoms with E-state index in [0.29, 0.717) is 5.56 Å². The van der Waals surface area contributed by atoms with E-state index in [1.54, 1.807) is 13.0 Å². The lowest BCUT2D eigenvalue weighted by molar-refractivity contribution is -0.138. The second-order valence-corrected chi connectivity index (χ2v) is 5.39. The van der Waals surface area contributed by atoms with E-state index in [1.165, 1.54) is 6.07 Å². The molecule has 0 atom stereocenters. The Morgan fingerprint density at radius 1 is 1.23 bits per heavy atom. The SMILES string of the molecule is COC(=O)/C=C(/Nc1c(C)cc(I)cc1C(=O)O)C(=O)OC. The lowest BCUT2D eigenvalue weighted by Gasteiger charge is -2.14. The van der Waals surface area contributed by atoms with Crippen molar-refractivity contribution in [3.8, 4) is 0 Å². The van der Waals surface area contributed by atoms with E-state index in [-0.39, 0.29) is 16.9 Å². The molecule has 118 valence electrons. The fraction of sp³-hybridized carbons (Fsp3) is 0.214. The molecule has 7 nitrogen and oxygen atoms in total. The number of aromatic carboxylic acids is 1. The first kappa shape index (κ1) is 18.0. The molecule has 2 N–H and O–H groups in total. The minimum absolute atomic E-state index is 0.0240. The molecule has 0 aliphatic rings. The summed E-state index contributed by atoms with van der Waals surface area (Å²) < 4.78 is 9.76. The van der Waals surface area contributed by atoms with Gasteiger partial charge in [0, 0.05) is 3.57 Å². The molecule has 0 unspecified atom stereocenters. The lowest BCUT2D eigenvalue weighted by atomic mass is 10.1. The number of halogens is 1. The van der Waals surface area contributed by atoms with Gasteiger partial charge in [-0.3, -0.25) is 0 Å². The van der Waals surface area contributed by atoms with Crippen molar-refractivity contribution >= 4 is 46.2 Å². The molecular weight excluding hydrogens is 405 g/mol. The van der Waals surface area contributed by atoms with Crippen LogP contribution < -0.4 is 5.32 Å². The van der Waals surface area contributed by atoms with Crippen molar-refractivity contribution in [2.75, 3.05) is 19.5 Å². The van der Waals surface area contributed by atoms with E-state index < -0.39 is 17.9 Å². The van der Waals surface area contributed by atoms with Gasteiger partial charge < -0.3 is 19.9 Å². The first-order chi connectivity index (χ1) is 10.3. The van der Waals surface area contributed by atoms with Crippen LogP contribution in [0.2, 0.25) is 0 Å². The number of hydrogen-bond donors (Lipinski definition) is 2. The molecule has 0 spiro atoms. The number of anilines is 1. The van der Waals surface area contributed by atoms with Crippen LogP contribution in [0.3, 0.4) is 0 Å². The molecule has 22 heavy (non-hydrogen) atoms. The number of methoxy groups -OCH3 is 2. The van der Waals surface area contributed by atoms with Crippen LogP contribution in [0.5, 0.6) is 0 Å². The topological polar surface area (TPSA) is 102 Å². The van der Waals surface area contributed by atoms with Gasteiger partial charge >= 0.3 is 17.9 Å². The number of benzene rings is 1. The minimum atomic E-state index is -1.16. The van der Waals surface area contributed by atoms with Crippen molar-refractivity contribution in [2.24, 2.45) is 0 Å². The van der Waals surface area contributed by atoms with Crippen molar-refractivity contribution in [1.82, 2.24) is 0 Å². The summed E-state index contributed by atoms with van der Waals surface area (Å²) >= 11 is 1.99. The van der Waals surface area contributed by atoms with Crippen LogP contribution in [-0.2, 0) is 19.1 Å². The molecule has 0 heterocycles. The second kappa shape index (κ2) is 7.78. The number of hydrogen-bond acceptors (Lipinski definition) is 6. The van der Waals surface area contributed by atoms with Gasteiger partial charge in [-0.15, -0.1) is 0 Å². The predicted molar refractivity (Wildman–Crippen MR) is 86.6 cm³/mol. The van der Waals surface area contributed by atoms with E-state index in [1.807, 2.05) is 22.6 Å². The summed E-state index contributed by atoms with van der Waals surface area (Å²) in [5, 5.41) is 11.9. The van der Waals surface area contributed by atoms with Crippen molar-refractivity contribution in [3.63, 3.8) is 0 Å². The molecule has 0 aliphatic heterocycles. The van der Waals surface area contributed by atoms with Crippen molar-refractivity contribution in [3.05, 3.63) is 38.6 Å². The number of rotatable bonds is 5. The van der Waals surface area contributed by atoms with E-state index in [2.05, 4.69) is 14.8 Å². The van der Waals surface area contributed by atoms with E-state index >= 15 is 0 Å². The number of carboxylic acids is 1. The largest absolute Gasteiger partial charge is 0.478 e. The Bertz CT molecular complexity index is 653. The third kappa shape index (κ3) is 4.45. The third-order valence-electron chi connectivity index (χ3n) is 2.66. The smallest absolute Gasteiger partial charge is 0.354 e. The van der Waals surface area contributed by atoms with Gasteiger partial charge in [0.1, 0.15) is 5.70 Å². The van der Waals surface area contributed by atoms with Crippen LogP contribution in [0, 0.1) is 10.5 Å². The van der Waals surface area contributed by atoms with Crippen molar-refractivity contribution < 1.29 is 29.0 Å². The number of carbonyl (C=O) groups excluding carboxylic acids is 2. The average molecular weight is 419 g/mol. The Labute approximate surface area is 140 Å². The number of nitrogens with one attached hydrogen (secondary N) is 1. The Morgan fingerprint density at radius 2 is 1.86 bits per heavy atom. The Balaban J connectivity index is 3.35. The minimum Gasteiger partial charge on any atom is -0.478 e. The van der Waals surface area contributed by atoms with Crippen LogP contribution in [-0.4, -0.2) is 37.2 Å². The van der Waals surface area contributed by atoms with Gasteiger partial charge in [-0.2, -0.15) is 0 Å². The predicted octanol–water partition coefficient (Wildman–Crippen LogP) is 1.94. The van der Waals surface area contributed by atoms with Crippen molar-refractivity contribution in [1.29, 1.82) is 0 Å². The lowest BCUT2D eigenvalue weighted by Crippen LogP contribution is -2.18. The quantitative estimate of drug-likeness (QED) is 0.427. The van der Waals surface area contributed by atoms with Crippen molar-refractivity contribution in [2.45, 2.75) is 6.92 Å². The normalized spacial score (nSPS) is 10.8. The molecule has 0 radical (unpaired) electrons. The molecule has 0 saturated carbocycles. The zero-order valence-corrected chi connectivity index (χ0v) is 14.3. The summed E-state index contributed by atoms with van der Waals surface area (Å²) in [7, 11) is 2.31. The molecule has 0 bridgehead atoms. The zero-order chi connectivity index (χ0) is 16.9. The highest BCUT2D eigenvalue weighted by atomic mass is 127. The van der Waals surface area contributed by atoms with Crippen LogP contribution in [0.4, 0.5) is 5.69 Å². The molecular formula is C14H14INO6. The number of esters is 2. The molecule has 0 amide bonds. The Hall–Kier alpha value is -2.10. The van der Waals surface area contributed by atoms with Gasteiger partial charge in [0.05, 0.1) is 31.5 Å². The highest BCUT2D eigenvalue weighted by Gasteiger charge is 2.19. The maximum atomic E-state index is 11.7. The highest BCUT2D eigenvalue weighted by Crippen LogP contribution is 2.25. The molecule has 0 aliphatic carbocycles. The summed E-state index contributed by atoms with van der Waals surface area (Å²) in [6, 6.07) is 3.19. The maximum Gasteiger partial charge on any atom is 0.354 e. The van der Waals surface area contributed by atoms with Gasteiger partial charge in [0.2, 0.25) is 0 Å². The number of aryl methyl sites for hydroxylation is 1. The molecule has 1 aromatic rings. The monoisotopic (exact) mass is 419 g/mol. The van der Waals surface area contributed by atoms with Gasteiger partial charge in [0.25, 0.3) is 0 Å². The fourth-order valence-electron chi connectivity index (χ4n) is 1.65.